The number of nitrogens with one attached hydrogen (secondary N) is 1. The molecule has 1 saturated heterocycles. The molecule has 1 aromatic rings. The van der Waals surface area contributed by atoms with Gasteiger partial charge in [0.2, 0.25) is 10.0 Å². The molecule has 2 rings (SSSR count). The topological polar surface area (TPSA) is 78.4 Å². The minimum Gasteiger partial charge on any atom is -0.353 e. The summed E-state index contributed by atoms with van der Waals surface area (Å²) in [5.41, 5.74) is 0. The second-order valence-corrected chi connectivity index (χ2v) is 6.71. The van der Waals surface area contributed by atoms with E-state index in [1.54, 1.807) is 13.0 Å². The molecule has 7 nitrogen and oxygen atoms in total. The predicted molar refractivity (Wildman–Crippen MR) is 79.4 cm³/mol. The van der Waals surface area contributed by atoms with Gasteiger partial charge < -0.3 is 9.80 Å². The van der Waals surface area contributed by atoms with Gasteiger partial charge in [0.25, 0.3) is 0 Å². The van der Waals surface area contributed by atoms with Crippen LogP contribution in [0.15, 0.2) is 12.1 Å². The van der Waals surface area contributed by atoms with Crippen molar-refractivity contribution in [3.05, 3.63) is 12.1 Å². The molecule has 0 aromatic carbocycles. The molecule has 1 aromatic heterocycles. The normalized spacial score (nSPS) is 17.2. The van der Waals surface area contributed by atoms with Crippen molar-refractivity contribution in [2.75, 3.05) is 48.1 Å². The average Bonchev–Trinajstić information content (AvgIpc) is 2.48. The SMILES string of the molecule is CCN1CCN(c2ccc(NS(=O)(=O)CC)nn2)CC1. The van der Waals surface area contributed by atoms with E-state index in [1.807, 2.05) is 6.07 Å². The van der Waals surface area contributed by atoms with Crippen LogP contribution >= 0.6 is 0 Å². The van der Waals surface area contributed by atoms with Crippen LogP contribution in [0.1, 0.15) is 13.8 Å². The van der Waals surface area contributed by atoms with E-state index in [4.69, 9.17) is 0 Å². The lowest BCUT2D eigenvalue weighted by Crippen LogP contribution is -2.46. The molecule has 1 N–H and O–H groups in total. The number of likely N-dealkylation sites (N-methyl/N-ethyl adjacent to an activating group) is 1. The number of hydrogen-bond donors (Lipinski definition) is 1. The van der Waals surface area contributed by atoms with E-state index >= 15 is 0 Å². The number of nitrogens with zero attached hydrogens (tertiary/aromatic N) is 4. The first-order valence-electron chi connectivity index (χ1n) is 6.85. The van der Waals surface area contributed by atoms with Crippen molar-refractivity contribution < 1.29 is 8.42 Å². The van der Waals surface area contributed by atoms with Gasteiger partial charge in [-0.15, -0.1) is 10.2 Å². The van der Waals surface area contributed by atoms with Crippen LogP contribution < -0.4 is 9.62 Å². The summed E-state index contributed by atoms with van der Waals surface area (Å²) < 4.78 is 25.2. The molecule has 20 heavy (non-hydrogen) atoms. The summed E-state index contributed by atoms with van der Waals surface area (Å²) in [5, 5.41) is 8.03. The third-order valence-electron chi connectivity index (χ3n) is 3.43. The highest BCUT2D eigenvalue weighted by atomic mass is 32.2. The van der Waals surface area contributed by atoms with Gasteiger partial charge in [0.1, 0.15) is 0 Å². The Morgan fingerprint density at radius 3 is 2.35 bits per heavy atom. The van der Waals surface area contributed by atoms with E-state index in [0.29, 0.717) is 0 Å². The fourth-order valence-corrected chi connectivity index (χ4v) is 2.64. The lowest BCUT2D eigenvalue weighted by molar-refractivity contribution is 0.270. The maximum absolute atomic E-state index is 11.4. The highest BCUT2D eigenvalue weighted by Crippen LogP contribution is 2.14. The second-order valence-electron chi connectivity index (χ2n) is 4.70. The van der Waals surface area contributed by atoms with Crippen LogP contribution in [0.5, 0.6) is 0 Å². The standard InChI is InChI=1S/C12H21N5O2S/c1-3-16-7-9-17(10-8-16)12-6-5-11(13-14-12)15-20(18,19)4-2/h5-6H,3-4,7-10H2,1-2H3,(H,13,15). The van der Waals surface area contributed by atoms with E-state index in [9.17, 15) is 8.42 Å². The third-order valence-corrected chi connectivity index (χ3v) is 4.71. The van der Waals surface area contributed by atoms with Gasteiger partial charge in [0.05, 0.1) is 5.75 Å². The zero-order valence-electron chi connectivity index (χ0n) is 11.9. The van der Waals surface area contributed by atoms with E-state index in [2.05, 4.69) is 31.6 Å². The van der Waals surface area contributed by atoms with Crippen molar-refractivity contribution in [2.45, 2.75) is 13.8 Å². The highest BCUT2D eigenvalue weighted by Gasteiger charge is 2.17. The number of anilines is 2. The smallest absolute Gasteiger partial charge is 0.233 e. The van der Waals surface area contributed by atoms with E-state index in [1.165, 1.54) is 0 Å². The van der Waals surface area contributed by atoms with E-state index < -0.39 is 10.0 Å². The van der Waals surface area contributed by atoms with Crippen molar-refractivity contribution in [1.82, 2.24) is 15.1 Å². The molecule has 112 valence electrons. The van der Waals surface area contributed by atoms with Crippen LogP contribution in [0, 0.1) is 0 Å². The molecule has 0 unspecified atom stereocenters. The van der Waals surface area contributed by atoms with Crippen molar-refractivity contribution >= 4 is 21.7 Å². The highest BCUT2D eigenvalue weighted by molar-refractivity contribution is 7.92. The second kappa shape index (κ2) is 6.36. The first-order chi connectivity index (χ1) is 9.54. The lowest BCUT2D eigenvalue weighted by atomic mass is 10.3. The summed E-state index contributed by atoms with van der Waals surface area (Å²) in [6.45, 7) is 8.68. The summed E-state index contributed by atoms with van der Waals surface area (Å²) >= 11 is 0. The van der Waals surface area contributed by atoms with Crippen molar-refractivity contribution in [3.8, 4) is 0 Å². The fourth-order valence-electron chi connectivity index (χ4n) is 2.07. The van der Waals surface area contributed by atoms with Crippen LogP contribution in [-0.2, 0) is 10.0 Å². The van der Waals surface area contributed by atoms with Crippen molar-refractivity contribution in [1.29, 1.82) is 0 Å². The Kier molecular flexibility index (Phi) is 4.77. The van der Waals surface area contributed by atoms with E-state index in [-0.39, 0.29) is 11.6 Å². The molecular weight excluding hydrogens is 278 g/mol. The minimum absolute atomic E-state index is 0.0232. The number of sulfonamides is 1. The van der Waals surface area contributed by atoms with Crippen LogP contribution in [0.3, 0.4) is 0 Å². The molecular formula is C12H21N5O2S. The third kappa shape index (κ3) is 3.80. The summed E-state index contributed by atoms with van der Waals surface area (Å²) in [6.07, 6.45) is 0. The van der Waals surface area contributed by atoms with Gasteiger partial charge in [0, 0.05) is 26.2 Å². The molecule has 0 spiro atoms. The zero-order valence-corrected chi connectivity index (χ0v) is 12.7. The Balaban J connectivity index is 1.98. The first-order valence-corrected chi connectivity index (χ1v) is 8.51. The average molecular weight is 299 g/mol. The number of aromatic nitrogens is 2. The molecule has 1 aliphatic heterocycles. The summed E-state index contributed by atoms with van der Waals surface area (Å²) in [6, 6.07) is 3.46. The molecule has 0 saturated carbocycles. The molecule has 1 fully saturated rings. The van der Waals surface area contributed by atoms with Gasteiger partial charge in [-0.25, -0.2) is 8.42 Å². The molecule has 0 radical (unpaired) electrons. The number of hydrogen-bond acceptors (Lipinski definition) is 6. The van der Waals surface area contributed by atoms with Gasteiger partial charge in [-0.3, -0.25) is 4.72 Å². The lowest BCUT2D eigenvalue weighted by Gasteiger charge is -2.34. The molecule has 0 atom stereocenters. The number of piperazine rings is 1. The van der Waals surface area contributed by atoms with Gasteiger partial charge in [-0.05, 0) is 25.6 Å². The Morgan fingerprint density at radius 1 is 1.15 bits per heavy atom. The monoisotopic (exact) mass is 299 g/mol. The quantitative estimate of drug-likeness (QED) is 0.847. The largest absolute Gasteiger partial charge is 0.353 e. The Labute approximate surface area is 120 Å². The molecule has 1 aliphatic rings. The first kappa shape index (κ1) is 15.0. The molecule has 2 heterocycles. The molecule has 0 bridgehead atoms. The maximum atomic E-state index is 11.4. The van der Waals surface area contributed by atoms with E-state index in [0.717, 1.165) is 38.5 Å². The minimum atomic E-state index is -3.29. The predicted octanol–water partition coefficient (Wildman–Crippen LogP) is 0.380. The molecule has 8 heteroatoms. The van der Waals surface area contributed by atoms with Crippen molar-refractivity contribution in [2.24, 2.45) is 0 Å². The van der Waals surface area contributed by atoms with Gasteiger partial charge in [0.15, 0.2) is 11.6 Å². The Morgan fingerprint density at radius 2 is 1.85 bits per heavy atom. The maximum Gasteiger partial charge on any atom is 0.233 e. The number of rotatable bonds is 5. The fraction of sp³-hybridized carbons (Fsp3) is 0.667. The van der Waals surface area contributed by atoms with Gasteiger partial charge in [-0.1, -0.05) is 6.92 Å². The zero-order chi connectivity index (χ0) is 14.6. The van der Waals surface area contributed by atoms with Crippen LogP contribution in [0.4, 0.5) is 11.6 Å². The van der Waals surface area contributed by atoms with Crippen LogP contribution in [0.2, 0.25) is 0 Å². The van der Waals surface area contributed by atoms with Gasteiger partial charge >= 0.3 is 0 Å². The van der Waals surface area contributed by atoms with Crippen LogP contribution in [-0.4, -0.2) is 62.0 Å². The Hall–Kier alpha value is -1.41. The molecule has 0 amide bonds. The van der Waals surface area contributed by atoms with Crippen molar-refractivity contribution in [3.63, 3.8) is 0 Å². The summed E-state index contributed by atoms with van der Waals surface area (Å²) in [7, 11) is -3.29. The summed E-state index contributed by atoms with van der Waals surface area (Å²) in [5.74, 6) is 1.08. The Bertz CT molecular complexity index is 523. The summed E-state index contributed by atoms with van der Waals surface area (Å²) in [4.78, 5) is 4.55. The molecule has 0 aliphatic carbocycles. The van der Waals surface area contributed by atoms with Crippen LogP contribution in [0.25, 0.3) is 0 Å². The van der Waals surface area contributed by atoms with Gasteiger partial charge in [-0.2, -0.15) is 0 Å².